The molecule has 0 fully saturated rings. The standard InChI is InChI=1S/C26H37N3O5/c1-17(2)15-20(28-23(31)33-25(3,4)5)22(30)27-14-13-18-16-29(24(32)34-26(6,7)8)21-12-10-9-11-19(18)21/h9-14,16-17,20H,15H2,1-8H3,(H,27,30)(H,28,31)/b14-13-/t20-/m0/s1. The van der Waals surface area contributed by atoms with Gasteiger partial charge >= 0.3 is 12.2 Å². The topological polar surface area (TPSA) is 98.7 Å². The van der Waals surface area contributed by atoms with Gasteiger partial charge in [-0.3, -0.25) is 9.36 Å². The second-order valence-corrected chi connectivity index (χ2v) is 10.6. The third-order valence-corrected chi connectivity index (χ3v) is 4.54. The van der Waals surface area contributed by atoms with Crippen molar-refractivity contribution in [2.75, 3.05) is 0 Å². The summed E-state index contributed by atoms with van der Waals surface area (Å²) in [4.78, 5) is 37.6. The van der Waals surface area contributed by atoms with Crippen LogP contribution in [0.15, 0.2) is 36.7 Å². The van der Waals surface area contributed by atoms with E-state index in [0.29, 0.717) is 11.9 Å². The van der Waals surface area contributed by atoms with Crippen molar-refractivity contribution >= 4 is 35.1 Å². The molecule has 2 aromatic rings. The predicted molar refractivity (Wildman–Crippen MR) is 133 cm³/mol. The zero-order chi connectivity index (χ0) is 25.7. The van der Waals surface area contributed by atoms with Crippen LogP contribution in [0.2, 0.25) is 0 Å². The van der Waals surface area contributed by atoms with Crippen LogP contribution in [-0.4, -0.2) is 39.9 Å². The molecule has 2 N–H and O–H groups in total. The molecule has 186 valence electrons. The third-order valence-electron chi connectivity index (χ3n) is 4.54. The van der Waals surface area contributed by atoms with E-state index >= 15 is 0 Å². The summed E-state index contributed by atoms with van der Waals surface area (Å²) in [5.74, 6) is -0.173. The van der Waals surface area contributed by atoms with Gasteiger partial charge in [-0.2, -0.15) is 0 Å². The van der Waals surface area contributed by atoms with Gasteiger partial charge in [-0.15, -0.1) is 0 Å². The van der Waals surface area contributed by atoms with E-state index in [2.05, 4.69) is 10.6 Å². The minimum atomic E-state index is -0.748. The molecule has 0 radical (unpaired) electrons. The van der Waals surface area contributed by atoms with Crippen molar-refractivity contribution < 1.29 is 23.9 Å². The number of para-hydroxylation sites is 1. The molecule has 0 aliphatic heterocycles. The molecule has 2 rings (SSSR count). The predicted octanol–water partition coefficient (Wildman–Crippen LogP) is 5.45. The van der Waals surface area contributed by atoms with Crippen LogP contribution in [0.1, 0.15) is 67.4 Å². The van der Waals surface area contributed by atoms with Crippen molar-refractivity contribution in [3.05, 3.63) is 42.2 Å². The van der Waals surface area contributed by atoms with E-state index in [-0.39, 0.29) is 11.8 Å². The highest BCUT2D eigenvalue weighted by molar-refractivity contribution is 5.96. The molecule has 0 saturated heterocycles. The summed E-state index contributed by atoms with van der Waals surface area (Å²) < 4.78 is 12.2. The Balaban J connectivity index is 2.19. The minimum Gasteiger partial charge on any atom is -0.444 e. The first kappa shape index (κ1) is 27.0. The number of rotatable bonds is 6. The molecule has 0 bridgehead atoms. The van der Waals surface area contributed by atoms with Crippen LogP contribution in [0.3, 0.4) is 0 Å². The molecule has 8 heteroatoms. The minimum absolute atomic E-state index is 0.182. The van der Waals surface area contributed by atoms with Crippen molar-refractivity contribution in [3.8, 4) is 0 Å². The Morgan fingerprint density at radius 3 is 2.21 bits per heavy atom. The maximum atomic E-state index is 12.8. The lowest BCUT2D eigenvalue weighted by Gasteiger charge is -2.23. The third kappa shape index (κ3) is 8.24. The van der Waals surface area contributed by atoms with Gasteiger partial charge in [0.15, 0.2) is 0 Å². The fraction of sp³-hybridized carbons (Fsp3) is 0.500. The van der Waals surface area contributed by atoms with Crippen molar-refractivity contribution in [2.45, 2.75) is 79.1 Å². The smallest absolute Gasteiger partial charge is 0.419 e. The SMILES string of the molecule is CC(C)C[C@H](NC(=O)OC(C)(C)C)C(=O)N/C=C\c1cn(C(=O)OC(C)(C)C)c2ccccc12. The first-order chi connectivity index (χ1) is 15.7. The largest absolute Gasteiger partial charge is 0.444 e. The number of hydrogen-bond acceptors (Lipinski definition) is 5. The van der Waals surface area contributed by atoms with Crippen molar-refractivity contribution in [2.24, 2.45) is 5.92 Å². The quantitative estimate of drug-likeness (QED) is 0.584. The van der Waals surface area contributed by atoms with Crippen LogP contribution in [0.4, 0.5) is 9.59 Å². The number of fused-ring (bicyclic) bond motifs is 1. The Bertz CT molecular complexity index is 1050. The number of amides is 2. The number of alkyl carbamates (subject to hydrolysis) is 1. The molecule has 0 aliphatic rings. The average molecular weight is 472 g/mol. The number of hydrogen-bond donors (Lipinski definition) is 2. The van der Waals surface area contributed by atoms with E-state index < -0.39 is 29.4 Å². The lowest BCUT2D eigenvalue weighted by atomic mass is 10.0. The number of benzene rings is 1. The van der Waals surface area contributed by atoms with Crippen LogP contribution < -0.4 is 10.6 Å². The molecule has 8 nitrogen and oxygen atoms in total. The summed E-state index contributed by atoms with van der Waals surface area (Å²) in [6, 6.07) is 6.70. The molecule has 1 heterocycles. The van der Waals surface area contributed by atoms with Gasteiger partial charge in [-0.1, -0.05) is 32.0 Å². The highest BCUT2D eigenvalue weighted by Gasteiger charge is 2.25. The van der Waals surface area contributed by atoms with Gasteiger partial charge in [0.05, 0.1) is 5.52 Å². The maximum absolute atomic E-state index is 12.8. The normalized spacial score (nSPS) is 13.2. The second kappa shape index (κ2) is 10.8. The summed E-state index contributed by atoms with van der Waals surface area (Å²) in [5, 5.41) is 6.22. The molecule has 0 aliphatic carbocycles. The Kier molecular flexibility index (Phi) is 8.53. The number of carbonyl (C=O) groups excluding carboxylic acids is 3. The van der Waals surface area contributed by atoms with Gasteiger partial charge in [-0.25, -0.2) is 9.59 Å². The van der Waals surface area contributed by atoms with Gasteiger partial charge in [0.25, 0.3) is 0 Å². The van der Waals surface area contributed by atoms with E-state index in [1.54, 1.807) is 33.0 Å². The molecule has 0 spiro atoms. The molecular formula is C26H37N3O5. The first-order valence-corrected chi connectivity index (χ1v) is 11.5. The molecule has 1 atom stereocenters. The van der Waals surface area contributed by atoms with Crippen molar-refractivity contribution in [1.29, 1.82) is 0 Å². The average Bonchev–Trinajstić information content (AvgIpc) is 3.03. The number of ether oxygens (including phenoxy) is 2. The van der Waals surface area contributed by atoms with Crippen molar-refractivity contribution in [1.82, 2.24) is 15.2 Å². The highest BCUT2D eigenvalue weighted by Crippen LogP contribution is 2.23. The van der Waals surface area contributed by atoms with Crippen LogP contribution in [-0.2, 0) is 14.3 Å². The Labute approximate surface area is 201 Å². The summed E-state index contributed by atoms with van der Waals surface area (Å²) in [6.07, 6.45) is 4.22. The first-order valence-electron chi connectivity index (χ1n) is 11.5. The molecule has 0 unspecified atom stereocenters. The lowest BCUT2D eigenvalue weighted by Crippen LogP contribution is -2.47. The summed E-state index contributed by atoms with van der Waals surface area (Å²) in [6.45, 7) is 14.7. The van der Waals surface area contributed by atoms with E-state index in [0.717, 1.165) is 10.9 Å². The second-order valence-electron chi connectivity index (χ2n) is 10.6. The van der Waals surface area contributed by atoms with Crippen molar-refractivity contribution in [3.63, 3.8) is 0 Å². The van der Waals surface area contributed by atoms with Gasteiger partial charge in [0.1, 0.15) is 17.2 Å². The Morgan fingerprint density at radius 2 is 1.62 bits per heavy atom. The molecule has 1 aromatic heterocycles. The molecular weight excluding hydrogens is 434 g/mol. The van der Waals surface area contributed by atoms with E-state index in [4.69, 9.17) is 9.47 Å². The highest BCUT2D eigenvalue weighted by atomic mass is 16.6. The zero-order valence-corrected chi connectivity index (χ0v) is 21.4. The summed E-state index contributed by atoms with van der Waals surface area (Å²) >= 11 is 0. The van der Waals surface area contributed by atoms with Crippen LogP contribution in [0.5, 0.6) is 0 Å². The lowest BCUT2D eigenvalue weighted by molar-refractivity contribution is -0.122. The number of nitrogens with zero attached hydrogens (tertiary/aromatic N) is 1. The monoisotopic (exact) mass is 471 g/mol. The fourth-order valence-electron chi connectivity index (χ4n) is 3.27. The van der Waals surface area contributed by atoms with Crippen LogP contribution in [0, 0.1) is 5.92 Å². The summed E-state index contributed by atoms with van der Waals surface area (Å²) in [5.41, 5.74) is 0.152. The Morgan fingerprint density at radius 1 is 1.00 bits per heavy atom. The molecule has 34 heavy (non-hydrogen) atoms. The van der Waals surface area contributed by atoms with Gasteiger partial charge in [-0.05, 0) is 66.0 Å². The van der Waals surface area contributed by atoms with Gasteiger partial charge in [0.2, 0.25) is 5.91 Å². The molecule has 1 aromatic carbocycles. The Hall–Kier alpha value is -3.29. The summed E-state index contributed by atoms with van der Waals surface area (Å²) in [7, 11) is 0. The van der Waals surface area contributed by atoms with Gasteiger partial charge < -0.3 is 20.1 Å². The number of nitrogens with one attached hydrogen (secondary N) is 2. The van der Waals surface area contributed by atoms with Crippen LogP contribution >= 0.6 is 0 Å². The van der Waals surface area contributed by atoms with Gasteiger partial charge in [0, 0.05) is 23.3 Å². The zero-order valence-electron chi connectivity index (χ0n) is 21.4. The molecule has 0 saturated carbocycles. The number of aromatic nitrogens is 1. The molecule has 2 amide bonds. The maximum Gasteiger partial charge on any atom is 0.419 e. The van der Waals surface area contributed by atoms with E-state index in [1.165, 1.54) is 10.8 Å². The van der Waals surface area contributed by atoms with E-state index in [9.17, 15) is 14.4 Å². The number of carbonyl (C=O) groups is 3. The van der Waals surface area contributed by atoms with E-state index in [1.807, 2.05) is 58.9 Å². The fourth-order valence-corrected chi connectivity index (χ4v) is 3.27. The van der Waals surface area contributed by atoms with Crippen LogP contribution in [0.25, 0.3) is 17.0 Å².